The van der Waals surface area contributed by atoms with Crippen LogP contribution in [0, 0.1) is 5.92 Å². The Labute approximate surface area is 122 Å². The van der Waals surface area contributed by atoms with Crippen LogP contribution in [0.4, 0.5) is 0 Å². The Kier molecular flexibility index (Phi) is 5.18. The third-order valence-electron chi connectivity index (χ3n) is 3.74. The van der Waals surface area contributed by atoms with Crippen LogP contribution < -0.4 is 10.0 Å². The van der Waals surface area contributed by atoms with Crippen LogP contribution in [0.15, 0.2) is 24.3 Å². The normalized spacial score (nSPS) is 21.9. The van der Waals surface area contributed by atoms with Gasteiger partial charge < -0.3 is 5.32 Å². The van der Waals surface area contributed by atoms with E-state index in [2.05, 4.69) is 23.9 Å². The van der Waals surface area contributed by atoms with Gasteiger partial charge >= 0.3 is 0 Å². The van der Waals surface area contributed by atoms with Crippen molar-refractivity contribution in [1.82, 2.24) is 10.0 Å². The molecule has 0 spiro atoms. The Hall–Kier alpha value is -0.910. The first kappa shape index (κ1) is 15.5. The fourth-order valence-electron chi connectivity index (χ4n) is 2.36. The van der Waals surface area contributed by atoms with Gasteiger partial charge in [0.15, 0.2) is 0 Å². The van der Waals surface area contributed by atoms with E-state index >= 15 is 0 Å². The van der Waals surface area contributed by atoms with Gasteiger partial charge in [0, 0.05) is 12.6 Å². The van der Waals surface area contributed by atoms with Crippen LogP contribution in [0.1, 0.15) is 37.8 Å². The second kappa shape index (κ2) is 6.70. The Morgan fingerprint density at radius 2 is 1.80 bits per heavy atom. The van der Waals surface area contributed by atoms with E-state index in [1.807, 2.05) is 24.3 Å². The van der Waals surface area contributed by atoms with Crippen LogP contribution in [-0.4, -0.2) is 21.0 Å². The second-order valence-electron chi connectivity index (χ2n) is 5.48. The highest BCUT2D eigenvalue weighted by Crippen LogP contribution is 2.33. The number of hydrogen-bond acceptors (Lipinski definition) is 3. The quantitative estimate of drug-likeness (QED) is 0.771. The molecule has 2 unspecified atom stereocenters. The Balaban J connectivity index is 1.88. The molecular weight excluding hydrogens is 272 g/mol. The van der Waals surface area contributed by atoms with Crippen molar-refractivity contribution in [1.29, 1.82) is 0 Å². The van der Waals surface area contributed by atoms with Crippen molar-refractivity contribution < 1.29 is 8.42 Å². The first-order chi connectivity index (χ1) is 9.54. The fraction of sp³-hybridized carbons (Fsp3) is 0.600. The fourth-order valence-corrected chi connectivity index (χ4v) is 3.82. The van der Waals surface area contributed by atoms with Crippen LogP contribution >= 0.6 is 0 Å². The minimum atomic E-state index is -3.21. The molecule has 1 aromatic carbocycles. The molecule has 0 amide bonds. The SMILES string of the molecule is CCNCc1ccc(CS(=O)(=O)NC2CC2CC)cc1. The Morgan fingerprint density at radius 1 is 1.15 bits per heavy atom. The molecule has 0 saturated heterocycles. The zero-order valence-electron chi connectivity index (χ0n) is 12.2. The van der Waals surface area contributed by atoms with Crippen molar-refractivity contribution in [3.63, 3.8) is 0 Å². The van der Waals surface area contributed by atoms with Gasteiger partial charge in [0.1, 0.15) is 0 Å². The van der Waals surface area contributed by atoms with E-state index in [4.69, 9.17) is 0 Å². The first-order valence-corrected chi connectivity index (χ1v) is 8.97. The summed E-state index contributed by atoms with van der Waals surface area (Å²) in [5.41, 5.74) is 2.01. The van der Waals surface area contributed by atoms with Gasteiger partial charge in [0.05, 0.1) is 5.75 Å². The van der Waals surface area contributed by atoms with Crippen LogP contribution in [0.25, 0.3) is 0 Å². The Bertz CT molecular complexity index is 525. The topological polar surface area (TPSA) is 58.2 Å². The minimum Gasteiger partial charge on any atom is -0.313 e. The van der Waals surface area contributed by atoms with Crippen molar-refractivity contribution in [2.75, 3.05) is 6.54 Å². The average Bonchev–Trinajstić information content (AvgIpc) is 3.15. The molecule has 112 valence electrons. The maximum atomic E-state index is 12.0. The number of sulfonamides is 1. The summed E-state index contributed by atoms with van der Waals surface area (Å²) in [7, 11) is -3.21. The number of hydrogen-bond donors (Lipinski definition) is 2. The maximum Gasteiger partial charge on any atom is 0.216 e. The predicted octanol–water partition coefficient (Wildman–Crippen LogP) is 2.01. The van der Waals surface area contributed by atoms with Gasteiger partial charge in [-0.25, -0.2) is 13.1 Å². The van der Waals surface area contributed by atoms with Gasteiger partial charge in [0.25, 0.3) is 0 Å². The van der Waals surface area contributed by atoms with E-state index in [-0.39, 0.29) is 11.8 Å². The molecule has 1 aliphatic carbocycles. The van der Waals surface area contributed by atoms with Gasteiger partial charge in [0.2, 0.25) is 10.0 Å². The largest absolute Gasteiger partial charge is 0.313 e. The first-order valence-electron chi connectivity index (χ1n) is 7.32. The van der Waals surface area contributed by atoms with Crippen molar-refractivity contribution in [3.8, 4) is 0 Å². The molecule has 2 rings (SSSR count). The lowest BCUT2D eigenvalue weighted by atomic mass is 10.1. The third-order valence-corrected chi connectivity index (χ3v) is 5.11. The molecule has 1 aromatic rings. The summed E-state index contributed by atoms with van der Waals surface area (Å²) in [4.78, 5) is 0. The zero-order valence-corrected chi connectivity index (χ0v) is 13.0. The Morgan fingerprint density at radius 3 is 2.35 bits per heavy atom. The molecule has 2 atom stereocenters. The molecule has 1 fully saturated rings. The molecule has 1 saturated carbocycles. The monoisotopic (exact) mass is 296 g/mol. The molecule has 0 aromatic heterocycles. The molecule has 1 aliphatic rings. The van der Waals surface area contributed by atoms with Gasteiger partial charge in [-0.2, -0.15) is 0 Å². The number of nitrogens with one attached hydrogen (secondary N) is 2. The van der Waals surface area contributed by atoms with E-state index in [9.17, 15) is 8.42 Å². The summed E-state index contributed by atoms with van der Waals surface area (Å²) in [6.45, 7) is 5.91. The van der Waals surface area contributed by atoms with Gasteiger partial charge in [-0.3, -0.25) is 0 Å². The molecule has 0 bridgehead atoms. The molecule has 0 aliphatic heterocycles. The zero-order chi connectivity index (χ0) is 14.6. The molecule has 20 heavy (non-hydrogen) atoms. The summed E-state index contributed by atoms with van der Waals surface area (Å²) < 4.78 is 26.9. The van der Waals surface area contributed by atoms with Crippen LogP contribution in [0.2, 0.25) is 0 Å². The highest BCUT2D eigenvalue weighted by Gasteiger charge is 2.38. The van der Waals surface area contributed by atoms with Crippen LogP contribution in [-0.2, 0) is 22.3 Å². The molecule has 0 heterocycles. The van der Waals surface area contributed by atoms with Gasteiger partial charge in [-0.1, -0.05) is 44.5 Å². The van der Waals surface area contributed by atoms with E-state index < -0.39 is 10.0 Å². The number of rotatable bonds is 8. The lowest BCUT2D eigenvalue weighted by Crippen LogP contribution is -2.28. The summed E-state index contributed by atoms with van der Waals surface area (Å²) in [6, 6.07) is 7.93. The predicted molar refractivity (Wildman–Crippen MR) is 81.8 cm³/mol. The second-order valence-corrected chi connectivity index (χ2v) is 7.24. The highest BCUT2D eigenvalue weighted by molar-refractivity contribution is 7.88. The number of benzene rings is 1. The lowest BCUT2D eigenvalue weighted by Gasteiger charge is -2.07. The van der Waals surface area contributed by atoms with Crippen LogP contribution in [0.3, 0.4) is 0 Å². The van der Waals surface area contributed by atoms with E-state index in [0.29, 0.717) is 5.92 Å². The molecule has 4 nitrogen and oxygen atoms in total. The minimum absolute atomic E-state index is 0.0709. The summed E-state index contributed by atoms with van der Waals surface area (Å²) in [5.74, 6) is 0.605. The van der Waals surface area contributed by atoms with Crippen LogP contribution in [0.5, 0.6) is 0 Å². The summed E-state index contributed by atoms with van der Waals surface area (Å²) in [6.07, 6.45) is 2.03. The lowest BCUT2D eigenvalue weighted by molar-refractivity contribution is 0.575. The van der Waals surface area contributed by atoms with Gasteiger partial charge in [-0.05, 0) is 30.0 Å². The molecule has 0 radical (unpaired) electrons. The standard InChI is InChI=1S/C15H24N2O2S/c1-3-14-9-15(14)17-20(18,19)11-13-7-5-12(6-8-13)10-16-4-2/h5-8,14-17H,3-4,9-11H2,1-2H3. The van der Waals surface area contributed by atoms with Crippen molar-refractivity contribution in [2.45, 2.75) is 45.0 Å². The third kappa shape index (κ3) is 4.58. The summed E-state index contributed by atoms with van der Waals surface area (Å²) in [5, 5.41) is 3.25. The highest BCUT2D eigenvalue weighted by atomic mass is 32.2. The average molecular weight is 296 g/mol. The van der Waals surface area contributed by atoms with E-state index in [1.54, 1.807) is 0 Å². The molecular formula is C15H24N2O2S. The van der Waals surface area contributed by atoms with Crippen molar-refractivity contribution >= 4 is 10.0 Å². The van der Waals surface area contributed by atoms with Gasteiger partial charge in [-0.15, -0.1) is 0 Å². The van der Waals surface area contributed by atoms with Crippen molar-refractivity contribution in [2.24, 2.45) is 5.92 Å². The van der Waals surface area contributed by atoms with E-state index in [0.717, 1.165) is 31.5 Å². The maximum absolute atomic E-state index is 12.0. The smallest absolute Gasteiger partial charge is 0.216 e. The van der Waals surface area contributed by atoms with E-state index in [1.165, 1.54) is 5.56 Å². The van der Waals surface area contributed by atoms with Crippen molar-refractivity contribution in [3.05, 3.63) is 35.4 Å². The molecule has 5 heteroatoms. The molecule has 2 N–H and O–H groups in total. The summed E-state index contributed by atoms with van der Waals surface area (Å²) >= 11 is 0.